The molecule has 0 aliphatic carbocycles. The van der Waals surface area contributed by atoms with Crippen molar-refractivity contribution in [2.24, 2.45) is 0 Å². The fourth-order valence-electron chi connectivity index (χ4n) is 2.59. The highest BCUT2D eigenvalue weighted by Gasteiger charge is 2.39. The summed E-state index contributed by atoms with van der Waals surface area (Å²) in [6.45, 7) is 2.55. The summed E-state index contributed by atoms with van der Waals surface area (Å²) in [6.07, 6.45) is 2.99. The minimum Gasteiger partial charge on any atom is -0.486 e. The van der Waals surface area contributed by atoms with Gasteiger partial charge in [0.2, 0.25) is 0 Å². The van der Waals surface area contributed by atoms with Crippen molar-refractivity contribution in [2.75, 3.05) is 26.4 Å². The van der Waals surface area contributed by atoms with Crippen molar-refractivity contribution in [2.45, 2.75) is 12.0 Å². The smallest absolute Gasteiger partial charge is 0.162 e. The SMILES string of the molecule is C1=C(c2ccc3c(c2)OCCO3)NOC12CCOC2. The van der Waals surface area contributed by atoms with Crippen LogP contribution in [0.15, 0.2) is 24.3 Å². The number of ether oxygens (including phenoxy) is 3. The Balaban J connectivity index is 1.66. The van der Waals surface area contributed by atoms with Crippen molar-refractivity contribution in [3.05, 3.63) is 29.8 Å². The lowest BCUT2D eigenvalue weighted by molar-refractivity contribution is -0.0373. The number of rotatable bonds is 1. The summed E-state index contributed by atoms with van der Waals surface area (Å²) >= 11 is 0. The number of hydrogen-bond acceptors (Lipinski definition) is 5. The highest BCUT2D eigenvalue weighted by atomic mass is 16.7. The molecule has 5 heteroatoms. The van der Waals surface area contributed by atoms with Crippen LogP contribution in [0.2, 0.25) is 0 Å². The van der Waals surface area contributed by atoms with Gasteiger partial charge in [-0.2, -0.15) is 0 Å². The topological polar surface area (TPSA) is 49.0 Å². The van der Waals surface area contributed by atoms with Crippen LogP contribution in [-0.2, 0) is 9.57 Å². The Bertz CT molecular complexity index is 534. The van der Waals surface area contributed by atoms with E-state index in [2.05, 4.69) is 11.6 Å². The molecule has 1 spiro atoms. The van der Waals surface area contributed by atoms with Gasteiger partial charge < -0.3 is 14.2 Å². The molecule has 0 saturated carbocycles. The molecule has 1 unspecified atom stereocenters. The van der Waals surface area contributed by atoms with Gasteiger partial charge in [0.1, 0.15) is 18.8 Å². The molecule has 5 nitrogen and oxygen atoms in total. The second-order valence-corrected chi connectivity index (χ2v) is 4.99. The largest absolute Gasteiger partial charge is 0.486 e. The van der Waals surface area contributed by atoms with Crippen LogP contribution < -0.4 is 15.0 Å². The first-order valence-electron chi connectivity index (χ1n) is 6.49. The molecule has 1 atom stereocenters. The molecule has 4 rings (SSSR count). The molecule has 3 aliphatic heterocycles. The molecule has 100 valence electrons. The van der Waals surface area contributed by atoms with Crippen LogP contribution in [0.1, 0.15) is 12.0 Å². The standard InChI is InChI=1S/C14H15NO4/c1-2-12-13(18-6-5-17-12)7-10(1)11-8-14(19-15-11)3-4-16-9-14/h1-2,7-8,15H,3-6,9H2. The predicted octanol–water partition coefficient (Wildman–Crippen LogP) is 1.49. The number of fused-ring (bicyclic) bond motifs is 1. The summed E-state index contributed by atoms with van der Waals surface area (Å²) < 4.78 is 16.5. The normalized spacial score (nSPS) is 28.3. The van der Waals surface area contributed by atoms with Crippen LogP contribution in [0.4, 0.5) is 0 Å². The lowest BCUT2D eigenvalue weighted by Gasteiger charge is -2.19. The lowest BCUT2D eigenvalue weighted by Crippen LogP contribution is -2.29. The zero-order valence-electron chi connectivity index (χ0n) is 10.5. The number of hydrogen-bond donors (Lipinski definition) is 1. The van der Waals surface area contributed by atoms with E-state index in [1.54, 1.807) is 0 Å². The summed E-state index contributed by atoms with van der Waals surface area (Å²) in [4.78, 5) is 5.67. The third-order valence-corrected chi connectivity index (χ3v) is 3.64. The van der Waals surface area contributed by atoms with Gasteiger partial charge in [0.05, 0.1) is 12.3 Å². The monoisotopic (exact) mass is 261 g/mol. The molecular formula is C14H15NO4. The van der Waals surface area contributed by atoms with Crippen molar-refractivity contribution in [3.63, 3.8) is 0 Å². The Morgan fingerprint density at radius 3 is 2.79 bits per heavy atom. The van der Waals surface area contributed by atoms with Crippen LogP contribution in [-0.4, -0.2) is 32.0 Å². The Hall–Kier alpha value is -1.72. The maximum Gasteiger partial charge on any atom is 0.162 e. The molecule has 3 aliphatic rings. The number of hydroxylamine groups is 1. The molecule has 0 radical (unpaired) electrons. The summed E-state index contributed by atoms with van der Waals surface area (Å²) in [7, 11) is 0. The minimum absolute atomic E-state index is 0.303. The maximum absolute atomic E-state index is 5.67. The number of benzene rings is 1. The van der Waals surface area contributed by atoms with Crippen molar-refractivity contribution in [1.29, 1.82) is 0 Å². The Morgan fingerprint density at radius 1 is 1.05 bits per heavy atom. The van der Waals surface area contributed by atoms with Crippen LogP contribution in [0, 0.1) is 0 Å². The highest BCUT2D eigenvalue weighted by molar-refractivity contribution is 5.68. The first kappa shape index (κ1) is 11.1. The summed E-state index contributed by atoms with van der Waals surface area (Å²) in [5.41, 5.74) is 4.69. The maximum atomic E-state index is 5.67. The summed E-state index contributed by atoms with van der Waals surface area (Å²) in [6, 6.07) is 5.92. The second-order valence-electron chi connectivity index (χ2n) is 4.99. The summed E-state index contributed by atoms with van der Waals surface area (Å²) in [5.74, 6) is 1.59. The molecule has 1 aromatic carbocycles. The number of nitrogens with one attached hydrogen (secondary N) is 1. The third kappa shape index (κ3) is 1.86. The van der Waals surface area contributed by atoms with E-state index in [-0.39, 0.29) is 5.60 Å². The van der Waals surface area contributed by atoms with E-state index in [4.69, 9.17) is 19.0 Å². The van der Waals surface area contributed by atoms with E-state index in [0.717, 1.165) is 35.8 Å². The molecule has 1 aromatic rings. The van der Waals surface area contributed by atoms with E-state index in [9.17, 15) is 0 Å². The Kier molecular flexibility index (Phi) is 2.43. The first-order chi connectivity index (χ1) is 9.35. The van der Waals surface area contributed by atoms with Crippen LogP contribution >= 0.6 is 0 Å². The molecule has 1 saturated heterocycles. The quantitative estimate of drug-likeness (QED) is 0.830. The Morgan fingerprint density at radius 2 is 1.95 bits per heavy atom. The van der Waals surface area contributed by atoms with Gasteiger partial charge in [-0.15, -0.1) is 0 Å². The first-order valence-corrected chi connectivity index (χ1v) is 6.49. The average Bonchev–Trinajstić information content (AvgIpc) is 3.09. The zero-order valence-corrected chi connectivity index (χ0v) is 10.5. The van der Waals surface area contributed by atoms with Crippen LogP contribution in [0.25, 0.3) is 5.70 Å². The predicted molar refractivity (Wildman–Crippen MR) is 67.8 cm³/mol. The Labute approximate surface area is 111 Å². The fraction of sp³-hybridized carbons (Fsp3) is 0.429. The van der Waals surface area contributed by atoms with E-state index in [0.29, 0.717) is 19.8 Å². The van der Waals surface area contributed by atoms with E-state index in [1.807, 2.05) is 18.2 Å². The van der Waals surface area contributed by atoms with Crippen molar-refractivity contribution >= 4 is 5.70 Å². The summed E-state index contributed by atoms with van der Waals surface area (Å²) in [5, 5.41) is 0. The average molecular weight is 261 g/mol. The van der Waals surface area contributed by atoms with Gasteiger partial charge in [-0.3, -0.25) is 10.3 Å². The fourth-order valence-corrected chi connectivity index (χ4v) is 2.59. The van der Waals surface area contributed by atoms with Gasteiger partial charge in [0.15, 0.2) is 11.5 Å². The van der Waals surface area contributed by atoms with Crippen LogP contribution in [0.5, 0.6) is 11.5 Å². The van der Waals surface area contributed by atoms with Gasteiger partial charge in [-0.25, -0.2) is 0 Å². The molecule has 3 heterocycles. The van der Waals surface area contributed by atoms with Crippen molar-refractivity contribution in [1.82, 2.24) is 5.48 Å². The van der Waals surface area contributed by atoms with Gasteiger partial charge >= 0.3 is 0 Å². The van der Waals surface area contributed by atoms with Crippen molar-refractivity contribution < 1.29 is 19.0 Å². The van der Waals surface area contributed by atoms with Gasteiger partial charge in [-0.05, 0) is 24.3 Å². The highest BCUT2D eigenvalue weighted by Crippen LogP contribution is 2.36. The molecule has 0 aromatic heterocycles. The molecule has 0 bridgehead atoms. The molecule has 19 heavy (non-hydrogen) atoms. The van der Waals surface area contributed by atoms with E-state index in [1.165, 1.54) is 0 Å². The second kappa shape index (κ2) is 4.15. The molecule has 1 fully saturated rings. The van der Waals surface area contributed by atoms with Gasteiger partial charge in [0, 0.05) is 18.6 Å². The van der Waals surface area contributed by atoms with Gasteiger partial charge in [0.25, 0.3) is 0 Å². The molecule has 0 amide bonds. The third-order valence-electron chi connectivity index (χ3n) is 3.64. The van der Waals surface area contributed by atoms with E-state index < -0.39 is 0 Å². The van der Waals surface area contributed by atoms with Crippen LogP contribution in [0.3, 0.4) is 0 Å². The zero-order chi connectivity index (χ0) is 12.7. The lowest BCUT2D eigenvalue weighted by atomic mass is 10.0. The molecular weight excluding hydrogens is 246 g/mol. The molecule has 1 N–H and O–H groups in total. The van der Waals surface area contributed by atoms with Gasteiger partial charge in [-0.1, -0.05) is 0 Å². The van der Waals surface area contributed by atoms with Crippen molar-refractivity contribution in [3.8, 4) is 11.5 Å². The minimum atomic E-state index is -0.303. The van der Waals surface area contributed by atoms with E-state index >= 15 is 0 Å².